The minimum Gasteiger partial charge on any atom is -0.369 e. The molecule has 1 heterocycles. The Kier molecular flexibility index (Phi) is 3.19. The van der Waals surface area contributed by atoms with Crippen molar-refractivity contribution in [3.8, 4) is 0 Å². The summed E-state index contributed by atoms with van der Waals surface area (Å²) in [6, 6.07) is 0. The Morgan fingerprint density at radius 1 is 1.24 bits per heavy atom. The minimum atomic E-state index is 0.404. The molecule has 1 N–H and O–H groups in total. The van der Waals surface area contributed by atoms with Gasteiger partial charge in [0, 0.05) is 23.2 Å². The first kappa shape index (κ1) is 11.3. The van der Waals surface area contributed by atoms with Crippen molar-refractivity contribution in [2.45, 2.75) is 43.9 Å². The van der Waals surface area contributed by atoms with Gasteiger partial charge in [0.1, 0.15) is 12.1 Å². The van der Waals surface area contributed by atoms with E-state index >= 15 is 0 Å². The fraction of sp³-hybridized carbons (Fsp3) is 0.692. The maximum absolute atomic E-state index is 5.99. The number of alkyl halides is 1. The highest BCUT2D eigenvalue weighted by Crippen LogP contribution is 2.32. The van der Waals surface area contributed by atoms with E-state index in [1.165, 1.54) is 24.1 Å². The van der Waals surface area contributed by atoms with Gasteiger partial charge >= 0.3 is 0 Å². The largest absolute Gasteiger partial charge is 0.369 e. The van der Waals surface area contributed by atoms with Crippen molar-refractivity contribution >= 4 is 17.4 Å². The van der Waals surface area contributed by atoms with Crippen LogP contribution in [0.1, 0.15) is 36.9 Å². The summed E-state index contributed by atoms with van der Waals surface area (Å²) in [6.07, 6.45) is 8.74. The minimum absolute atomic E-state index is 0.404. The maximum atomic E-state index is 5.99. The van der Waals surface area contributed by atoms with Crippen molar-refractivity contribution in [1.82, 2.24) is 9.97 Å². The lowest BCUT2D eigenvalue weighted by Crippen LogP contribution is -2.30. The molecule has 3 nitrogen and oxygen atoms in total. The van der Waals surface area contributed by atoms with Gasteiger partial charge in [-0.1, -0.05) is 0 Å². The normalized spacial score (nSPS) is 27.1. The Morgan fingerprint density at radius 2 is 2.06 bits per heavy atom. The average Bonchev–Trinajstić information content (AvgIpc) is 2.33. The van der Waals surface area contributed by atoms with Gasteiger partial charge in [-0.2, -0.15) is 0 Å². The van der Waals surface area contributed by atoms with Gasteiger partial charge < -0.3 is 5.32 Å². The maximum Gasteiger partial charge on any atom is 0.132 e. The van der Waals surface area contributed by atoms with Crippen molar-refractivity contribution in [3.63, 3.8) is 0 Å². The van der Waals surface area contributed by atoms with Crippen molar-refractivity contribution in [2.24, 2.45) is 5.92 Å². The first-order chi connectivity index (χ1) is 8.33. The molecule has 3 rings (SSSR count). The van der Waals surface area contributed by atoms with E-state index < -0.39 is 0 Å². The second kappa shape index (κ2) is 4.81. The number of fused-ring (bicyclic) bond motifs is 1. The van der Waals surface area contributed by atoms with Crippen LogP contribution in [0.15, 0.2) is 6.33 Å². The molecule has 0 bridgehead atoms. The lowest BCUT2D eigenvalue weighted by atomic mass is 9.85. The number of hydrogen-bond donors (Lipinski definition) is 1. The Bertz CT molecular complexity index is 402. The third kappa shape index (κ3) is 2.39. The zero-order valence-corrected chi connectivity index (χ0v) is 10.7. The molecular weight excluding hydrogens is 234 g/mol. The quantitative estimate of drug-likeness (QED) is 0.840. The summed E-state index contributed by atoms with van der Waals surface area (Å²) in [5.41, 5.74) is 2.60. The summed E-state index contributed by atoms with van der Waals surface area (Å²) in [5, 5.41) is 3.89. The molecule has 0 radical (unpaired) electrons. The second-order valence-electron chi connectivity index (χ2n) is 5.17. The molecular formula is C13H18ClN3. The summed E-state index contributed by atoms with van der Waals surface area (Å²) in [5.74, 6) is 1.79. The highest BCUT2D eigenvalue weighted by molar-refractivity contribution is 6.21. The average molecular weight is 252 g/mol. The van der Waals surface area contributed by atoms with E-state index in [1.807, 2.05) is 0 Å². The lowest BCUT2D eigenvalue weighted by molar-refractivity contribution is 0.341. The van der Waals surface area contributed by atoms with Crippen LogP contribution < -0.4 is 5.32 Å². The summed E-state index contributed by atoms with van der Waals surface area (Å²) in [6.45, 7) is 1.01. The molecule has 4 heteroatoms. The molecule has 0 aliphatic heterocycles. The molecule has 2 aliphatic rings. The van der Waals surface area contributed by atoms with Gasteiger partial charge in [-0.3, -0.25) is 0 Å². The van der Waals surface area contributed by atoms with Gasteiger partial charge in [0.2, 0.25) is 0 Å². The molecule has 17 heavy (non-hydrogen) atoms. The number of nitrogens with zero attached hydrogens (tertiary/aromatic N) is 2. The summed E-state index contributed by atoms with van der Waals surface area (Å²) >= 11 is 5.99. The Morgan fingerprint density at radius 3 is 2.88 bits per heavy atom. The van der Waals surface area contributed by atoms with Gasteiger partial charge in [0.15, 0.2) is 0 Å². The molecule has 1 aromatic rings. The SMILES string of the molecule is ClC1CC(CNc2ncnc3c2CCCC3)C1. The second-order valence-corrected chi connectivity index (χ2v) is 5.79. The lowest BCUT2D eigenvalue weighted by Gasteiger charge is -2.31. The first-order valence-corrected chi connectivity index (χ1v) is 6.97. The predicted molar refractivity (Wildman–Crippen MR) is 69.5 cm³/mol. The van der Waals surface area contributed by atoms with E-state index in [1.54, 1.807) is 6.33 Å². The summed E-state index contributed by atoms with van der Waals surface area (Å²) in [7, 11) is 0. The Hall–Kier alpha value is -0.830. The Labute approximate surface area is 107 Å². The Balaban J connectivity index is 1.66. The number of nitrogens with one attached hydrogen (secondary N) is 1. The molecule has 0 atom stereocenters. The van der Waals surface area contributed by atoms with Crippen molar-refractivity contribution in [3.05, 3.63) is 17.6 Å². The van der Waals surface area contributed by atoms with E-state index in [0.29, 0.717) is 5.38 Å². The molecule has 0 spiro atoms. The molecule has 1 aromatic heterocycles. The van der Waals surface area contributed by atoms with Gasteiger partial charge in [-0.15, -0.1) is 11.6 Å². The summed E-state index contributed by atoms with van der Waals surface area (Å²) in [4.78, 5) is 8.77. The number of aryl methyl sites for hydroxylation is 1. The van der Waals surface area contributed by atoms with Crippen molar-refractivity contribution in [1.29, 1.82) is 0 Å². The molecule has 1 fully saturated rings. The number of halogens is 1. The highest BCUT2D eigenvalue weighted by Gasteiger charge is 2.27. The third-order valence-electron chi connectivity index (χ3n) is 3.86. The van der Waals surface area contributed by atoms with Gasteiger partial charge in [0.05, 0.1) is 0 Å². The van der Waals surface area contributed by atoms with Crippen molar-refractivity contribution < 1.29 is 0 Å². The van der Waals surface area contributed by atoms with E-state index in [-0.39, 0.29) is 0 Å². The monoisotopic (exact) mass is 251 g/mol. The number of hydrogen-bond acceptors (Lipinski definition) is 3. The third-order valence-corrected chi connectivity index (χ3v) is 4.22. The predicted octanol–water partition coefficient (Wildman–Crippen LogP) is 2.78. The van der Waals surface area contributed by atoms with Gasteiger partial charge in [0.25, 0.3) is 0 Å². The molecule has 0 aromatic carbocycles. The number of rotatable bonds is 3. The fourth-order valence-electron chi connectivity index (χ4n) is 2.74. The summed E-state index contributed by atoms with van der Waals surface area (Å²) < 4.78 is 0. The van der Waals surface area contributed by atoms with Crippen LogP contribution in [-0.4, -0.2) is 21.9 Å². The molecule has 92 valence electrons. The van der Waals surface area contributed by atoms with Crippen LogP contribution in [0.4, 0.5) is 5.82 Å². The topological polar surface area (TPSA) is 37.8 Å². The van der Waals surface area contributed by atoms with Crippen molar-refractivity contribution in [2.75, 3.05) is 11.9 Å². The van der Waals surface area contributed by atoms with Crippen LogP contribution in [-0.2, 0) is 12.8 Å². The van der Waals surface area contributed by atoms with E-state index in [0.717, 1.165) is 44.0 Å². The van der Waals surface area contributed by atoms with Gasteiger partial charge in [-0.25, -0.2) is 9.97 Å². The van der Waals surface area contributed by atoms with E-state index in [9.17, 15) is 0 Å². The van der Waals surface area contributed by atoms with Crippen LogP contribution in [0.2, 0.25) is 0 Å². The molecule has 2 aliphatic carbocycles. The van der Waals surface area contributed by atoms with Crippen LogP contribution >= 0.6 is 11.6 Å². The molecule has 0 saturated heterocycles. The van der Waals surface area contributed by atoms with Gasteiger partial charge in [-0.05, 0) is 44.4 Å². The van der Waals surface area contributed by atoms with E-state index in [2.05, 4.69) is 15.3 Å². The number of aromatic nitrogens is 2. The fourth-order valence-corrected chi connectivity index (χ4v) is 3.24. The standard InChI is InChI=1S/C13H18ClN3/c14-10-5-9(6-10)7-15-13-11-3-1-2-4-12(11)16-8-17-13/h8-10H,1-7H2,(H,15,16,17). The zero-order valence-electron chi connectivity index (χ0n) is 9.95. The zero-order chi connectivity index (χ0) is 11.7. The van der Waals surface area contributed by atoms with Crippen LogP contribution in [0, 0.1) is 5.92 Å². The highest BCUT2D eigenvalue weighted by atomic mass is 35.5. The van der Waals surface area contributed by atoms with Crippen LogP contribution in [0.5, 0.6) is 0 Å². The smallest absolute Gasteiger partial charge is 0.132 e. The van der Waals surface area contributed by atoms with E-state index in [4.69, 9.17) is 11.6 Å². The number of anilines is 1. The van der Waals surface area contributed by atoms with Crippen LogP contribution in [0.25, 0.3) is 0 Å². The molecule has 1 saturated carbocycles. The first-order valence-electron chi connectivity index (χ1n) is 6.53. The van der Waals surface area contributed by atoms with Crippen LogP contribution in [0.3, 0.4) is 0 Å². The molecule has 0 amide bonds. The molecule has 0 unspecified atom stereocenters.